The fraction of sp³-hybridized carbons (Fsp3) is 0.480. The van der Waals surface area contributed by atoms with Gasteiger partial charge in [-0.3, -0.25) is 19.2 Å². The van der Waals surface area contributed by atoms with Crippen LogP contribution in [0.5, 0.6) is 0 Å². The van der Waals surface area contributed by atoms with E-state index in [-0.39, 0.29) is 19.3 Å². The average molecular weight is 533 g/mol. The van der Waals surface area contributed by atoms with Crippen LogP contribution < -0.4 is 27.4 Å². The van der Waals surface area contributed by atoms with E-state index in [0.717, 1.165) is 10.9 Å². The molecule has 4 amide bonds. The molecule has 0 aliphatic carbocycles. The number of carboxylic acids is 1. The van der Waals surface area contributed by atoms with Crippen molar-refractivity contribution >= 4 is 40.5 Å². The molecule has 0 saturated heterocycles. The highest BCUT2D eigenvalue weighted by Gasteiger charge is 2.34. The topological polar surface area (TPSA) is 230 Å². The number of aromatic amines is 1. The lowest BCUT2D eigenvalue weighted by Gasteiger charge is -2.27. The number of para-hydroxylation sites is 1. The van der Waals surface area contributed by atoms with E-state index in [4.69, 9.17) is 11.5 Å². The maximum absolute atomic E-state index is 13.3. The van der Waals surface area contributed by atoms with Gasteiger partial charge >= 0.3 is 5.97 Å². The van der Waals surface area contributed by atoms with Gasteiger partial charge in [0.25, 0.3) is 0 Å². The molecule has 2 aromatic rings. The Bertz CT molecular complexity index is 1160. The molecule has 10 N–H and O–H groups in total. The Morgan fingerprint density at radius 1 is 0.947 bits per heavy atom. The number of primary amides is 1. The molecule has 1 aromatic heterocycles. The van der Waals surface area contributed by atoms with E-state index in [1.165, 1.54) is 6.92 Å². The van der Waals surface area contributed by atoms with Gasteiger partial charge in [-0.05, 0) is 30.9 Å². The van der Waals surface area contributed by atoms with E-state index in [1.807, 2.05) is 24.3 Å². The van der Waals surface area contributed by atoms with E-state index in [9.17, 15) is 34.2 Å². The molecule has 5 unspecified atom stereocenters. The molecule has 1 aromatic carbocycles. The second-order valence-electron chi connectivity index (χ2n) is 9.53. The maximum Gasteiger partial charge on any atom is 0.326 e. The molecule has 5 atom stereocenters. The summed E-state index contributed by atoms with van der Waals surface area (Å²) in [5.41, 5.74) is 12.5. The van der Waals surface area contributed by atoms with Crippen molar-refractivity contribution in [3.63, 3.8) is 0 Å². The Morgan fingerprint density at radius 2 is 1.58 bits per heavy atom. The lowest BCUT2D eigenvalue weighted by atomic mass is 10.0. The molecular formula is C25H36N6O7. The highest BCUT2D eigenvalue weighted by molar-refractivity contribution is 5.95. The number of aliphatic carboxylic acids is 1. The number of carboxylic acid groups (broad SMARTS) is 1. The van der Waals surface area contributed by atoms with Gasteiger partial charge in [0.1, 0.15) is 18.1 Å². The number of carbonyl (C=O) groups is 5. The number of aromatic nitrogens is 1. The molecule has 1 heterocycles. The summed E-state index contributed by atoms with van der Waals surface area (Å²) in [5, 5.41) is 27.7. The Kier molecular flexibility index (Phi) is 10.8. The molecule has 13 nitrogen and oxygen atoms in total. The number of nitrogens with one attached hydrogen (secondary N) is 4. The third-order valence-corrected chi connectivity index (χ3v) is 6.06. The van der Waals surface area contributed by atoms with Crippen LogP contribution in [0.25, 0.3) is 10.9 Å². The highest BCUT2D eigenvalue weighted by atomic mass is 16.4. The van der Waals surface area contributed by atoms with Gasteiger partial charge in [0.15, 0.2) is 0 Å². The van der Waals surface area contributed by atoms with Crippen molar-refractivity contribution < 1.29 is 34.2 Å². The van der Waals surface area contributed by atoms with Crippen molar-refractivity contribution in [2.75, 3.05) is 0 Å². The van der Waals surface area contributed by atoms with E-state index < -0.39 is 65.8 Å². The lowest BCUT2D eigenvalue weighted by molar-refractivity contribution is -0.144. The minimum atomic E-state index is -1.51. The standard InChI is InChI=1S/C25H36N6O7/c1-12(2)20(25(37)38)30-24(36)21(13(3)32)31-23(35)18(29-22(34)16(26)8-9-19(27)33)10-14-11-28-17-7-5-4-6-15(14)17/h4-7,11-13,16,18,20-21,28,32H,8-10,26H2,1-3H3,(H2,27,33)(H,29,34)(H,30,36)(H,31,35)(H,37,38). The lowest BCUT2D eigenvalue weighted by Crippen LogP contribution is -2.60. The first-order chi connectivity index (χ1) is 17.8. The van der Waals surface area contributed by atoms with E-state index in [1.54, 1.807) is 20.0 Å². The van der Waals surface area contributed by atoms with Crippen molar-refractivity contribution in [3.05, 3.63) is 36.0 Å². The van der Waals surface area contributed by atoms with Gasteiger partial charge in [0, 0.05) is 29.9 Å². The van der Waals surface area contributed by atoms with Crippen LogP contribution in [0.1, 0.15) is 39.2 Å². The second kappa shape index (κ2) is 13.5. The first-order valence-corrected chi connectivity index (χ1v) is 12.2. The molecule has 38 heavy (non-hydrogen) atoms. The van der Waals surface area contributed by atoms with Crippen molar-refractivity contribution in [2.24, 2.45) is 17.4 Å². The van der Waals surface area contributed by atoms with Gasteiger partial charge < -0.3 is 42.6 Å². The molecule has 0 saturated carbocycles. The number of aliphatic hydroxyl groups excluding tert-OH is 1. The molecule has 0 fully saturated rings. The molecular weight excluding hydrogens is 496 g/mol. The summed E-state index contributed by atoms with van der Waals surface area (Å²) in [6.45, 7) is 4.47. The molecule has 0 bridgehead atoms. The Labute approximate surface area is 219 Å². The number of carbonyl (C=O) groups excluding carboxylic acids is 4. The van der Waals surface area contributed by atoms with Crippen LogP contribution >= 0.6 is 0 Å². The van der Waals surface area contributed by atoms with Gasteiger partial charge in [0.05, 0.1) is 12.1 Å². The smallest absolute Gasteiger partial charge is 0.326 e. The number of amides is 4. The van der Waals surface area contributed by atoms with Crippen LogP contribution in [0.15, 0.2) is 30.5 Å². The normalized spacial score (nSPS) is 15.2. The van der Waals surface area contributed by atoms with Gasteiger partial charge in [-0.25, -0.2) is 4.79 Å². The average Bonchev–Trinajstić information content (AvgIpc) is 3.25. The van der Waals surface area contributed by atoms with Gasteiger partial charge in [-0.2, -0.15) is 0 Å². The van der Waals surface area contributed by atoms with E-state index in [2.05, 4.69) is 20.9 Å². The molecule has 0 aliphatic heterocycles. The molecule has 0 aliphatic rings. The largest absolute Gasteiger partial charge is 0.480 e. The van der Waals surface area contributed by atoms with Crippen molar-refractivity contribution in [1.29, 1.82) is 0 Å². The summed E-state index contributed by atoms with van der Waals surface area (Å²) in [4.78, 5) is 64.6. The summed E-state index contributed by atoms with van der Waals surface area (Å²) < 4.78 is 0. The molecule has 0 spiro atoms. The zero-order chi connectivity index (χ0) is 28.6. The number of hydrogen-bond acceptors (Lipinski definition) is 7. The summed E-state index contributed by atoms with van der Waals surface area (Å²) >= 11 is 0. The number of fused-ring (bicyclic) bond motifs is 1. The SMILES string of the molecule is CC(C)C(NC(=O)C(NC(=O)C(Cc1c[nH]c2ccccc12)NC(=O)C(N)CCC(N)=O)C(C)O)C(=O)O. The first-order valence-electron chi connectivity index (χ1n) is 12.2. The quantitative estimate of drug-likeness (QED) is 0.148. The third-order valence-electron chi connectivity index (χ3n) is 6.06. The number of rotatable bonds is 14. The fourth-order valence-corrected chi connectivity index (χ4v) is 3.85. The van der Waals surface area contributed by atoms with Crippen molar-refractivity contribution in [2.45, 2.75) is 70.3 Å². The monoisotopic (exact) mass is 532 g/mol. The van der Waals surface area contributed by atoms with E-state index in [0.29, 0.717) is 5.56 Å². The van der Waals surface area contributed by atoms with Crippen LogP contribution in [-0.2, 0) is 30.4 Å². The number of hydrogen-bond donors (Lipinski definition) is 8. The maximum atomic E-state index is 13.3. The summed E-state index contributed by atoms with van der Waals surface area (Å²) in [5.74, 6) is -4.77. The van der Waals surface area contributed by atoms with Crippen LogP contribution in [0, 0.1) is 5.92 Å². The Hall–Kier alpha value is -3.97. The number of nitrogens with two attached hydrogens (primary N) is 2. The molecule has 2 rings (SSSR count). The first kappa shape index (κ1) is 30.3. The molecule has 208 valence electrons. The van der Waals surface area contributed by atoms with Gasteiger partial charge in [-0.15, -0.1) is 0 Å². The fourth-order valence-electron chi connectivity index (χ4n) is 3.85. The zero-order valence-corrected chi connectivity index (χ0v) is 21.6. The number of aliphatic hydroxyl groups is 1. The Morgan fingerprint density at radius 3 is 2.16 bits per heavy atom. The number of H-pyrrole nitrogens is 1. The minimum Gasteiger partial charge on any atom is -0.480 e. The summed E-state index contributed by atoms with van der Waals surface area (Å²) in [6.07, 6.45) is 0.138. The van der Waals surface area contributed by atoms with E-state index >= 15 is 0 Å². The van der Waals surface area contributed by atoms with Crippen LogP contribution in [0.4, 0.5) is 0 Å². The Balaban J connectivity index is 2.28. The van der Waals surface area contributed by atoms with Crippen molar-refractivity contribution in [3.8, 4) is 0 Å². The second-order valence-corrected chi connectivity index (χ2v) is 9.53. The third kappa shape index (κ3) is 8.28. The summed E-state index contributed by atoms with van der Waals surface area (Å²) in [7, 11) is 0. The van der Waals surface area contributed by atoms with Gasteiger partial charge in [0.2, 0.25) is 23.6 Å². The van der Waals surface area contributed by atoms with Gasteiger partial charge in [-0.1, -0.05) is 32.0 Å². The van der Waals surface area contributed by atoms with Crippen LogP contribution in [0.3, 0.4) is 0 Å². The highest BCUT2D eigenvalue weighted by Crippen LogP contribution is 2.19. The zero-order valence-electron chi connectivity index (χ0n) is 21.6. The van der Waals surface area contributed by atoms with Crippen LogP contribution in [0.2, 0.25) is 0 Å². The summed E-state index contributed by atoms with van der Waals surface area (Å²) in [6, 6.07) is 2.22. The van der Waals surface area contributed by atoms with Crippen molar-refractivity contribution in [1.82, 2.24) is 20.9 Å². The number of benzene rings is 1. The molecule has 13 heteroatoms. The predicted octanol–water partition coefficient (Wildman–Crippen LogP) is -1.12. The minimum absolute atomic E-state index is 0.00200. The van der Waals surface area contributed by atoms with Crippen LogP contribution in [-0.4, -0.2) is 75.1 Å². The predicted molar refractivity (Wildman–Crippen MR) is 138 cm³/mol. The molecule has 0 radical (unpaired) electrons.